The number of thiazole rings is 1. The summed E-state index contributed by atoms with van der Waals surface area (Å²) in [5.41, 5.74) is 7.81. The summed E-state index contributed by atoms with van der Waals surface area (Å²) in [4.78, 5) is 44.2. The van der Waals surface area contributed by atoms with Gasteiger partial charge in [0.25, 0.3) is 5.91 Å². The van der Waals surface area contributed by atoms with Gasteiger partial charge in [0.1, 0.15) is 17.8 Å². The molecule has 2 amide bonds. The number of hydrogen-bond acceptors (Lipinski definition) is 12. The third-order valence-corrected chi connectivity index (χ3v) is 8.05. The molecule has 2 atom stereocenters. The van der Waals surface area contributed by atoms with E-state index in [-0.39, 0.29) is 11.6 Å². The maximum Gasteiger partial charge on any atom is 0.268 e. The number of fused-ring (bicyclic) bond motifs is 1. The van der Waals surface area contributed by atoms with E-state index >= 15 is 0 Å². The molecule has 0 radical (unpaired) electrons. The zero-order chi connectivity index (χ0) is 27.8. The first-order valence-electron chi connectivity index (χ1n) is 13.1. The molecule has 0 bridgehead atoms. The fourth-order valence-corrected chi connectivity index (χ4v) is 6.16. The van der Waals surface area contributed by atoms with Gasteiger partial charge in [-0.1, -0.05) is 11.3 Å². The van der Waals surface area contributed by atoms with Crippen LogP contribution in [0.15, 0.2) is 36.4 Å². The van der Waals surface area contributed by atoms with Gasteiger partial charge >= 0.3 is 0 Å². The largest absolute Gasteiger partial charge is 0.471 e. The van der Waals surface area contributed by atoms with E-state index in [1.54, 1.807) is 23.2 Å². The molecule has 3 aromatic heterocycles. The van der Waals surface area contributed by atoms with Crippen LogP contribution >= 0.6 is 11.3 Å². The Labute approximate surface area is 234 Å². The van der Waals surface area contributed by atoms with Crippen LogP contribution in [0.4, 0.5) is 22.5 Å². The molecule has 6 heterocycles. The van der Waals surface area contributed by atoms with Crippen molar-refractivity contribution in [2.75, 3.05) is 59.4 Å². The summed E-state index contributed by atoms with van der Waals surface area (Å²) in [6, 6.07) is 5.39. The van der Waals surface area contributed by atoms with Crippen molar-refractivity contribution in [2.45, 2.75) is 32.1 Å². The summed E-state index contributed by atoms with van der Waals surface area (Å²) in [6.45, 7) is 5.23. The van der Waals surface area contributed by atoms with E-state index in [4.69, 9.17) is 25.2 Å². The van der Waals surface area contributed by atoms with Gasteiger partial charge in [-0.15, -0.1) is 0 Å². The molecular weight excluding hydrogens is 536 g/mol. The Balaban J connectivity index is 1.48. The molecule has 0 saturated carbocycles. The summed E-state index contributed by atoms with van der Waals surface area (Å²) in [5.74, 6) is 0.00356. The fourth-order valence-electron chi connectivity index (χ4n) is 5.16. The Bertz CT molecular complexity index is 1470. The molecular formula is C26H30N8O5S. The van der Waals surface area contributed by atoms with Crippen LogP contribution in [0, 0.1) is 0 Å². The van der Waals surface area contributed by atoms with Crippen molar-refractivity contribution in [3.05, 3.63) is 41.9 Å². The number of pyridine rings is 2. The van der Waals surface area contributed by atoms with Crippen molar-refractivity contribution in [2.24, 2.45) is 5.73 Å². The number of piperidine rings is 1. The van der Waals surface area contributed by atoms with Crippen molar-refractivity contribution in [1.29, 1.82) is 0 Å². The fraction of sp³-hybridized carbons (Fsp3) is 0.423. The number of rotatable bonds is 6. The SMILES string of the molecule is CC(=O)Nc1cc(C2OC=C(C(N)=O)N2c2cc3sc(N4CCOCC4)nc3nc2N2CCCC(O)C2)ccn1. The van der Waals surface area contributed by atoms with Crippen LogP contribution in [0.1, 0.15) is 31.6 Å². The number of amides is 2. The van der Waals surface area contributed by atoms with Crippen LogP contribution in [0.5, 0.6) is 0 Å². The molecule has 0 aromatic carbocycles. The van der Waals surface area contributed by atoms with Crippen molar-refractivity contribution in [1.82, 2.24) is 15.0 Å². The second-order valence-corrected chi connectivity index (χ2v) is 10.9. The van der Waals surface area contributed by atoms with Gasteiger partial charge in [0.05, 0.1) is 29.7 Å². The number of aliphatic hydroxyl groups is 1. The molecule has 3 aromatic rings. The number of morpholine rings is 1. The number of nitrogens with two attached hydrogens (primary N) is 1. The summed E-state index contributed by atoms with van der Waals surface area (Å²) < 4.78 is 12.3. The second kappa shape index (κ2) is 10.9. The van der Waals surface area contributed by atoms with Crippen LogP contribution in [0.2, 0.25) is 0 Å². The number of aliphatic hydroxyl groups excluding tert-OH is 1. The molecule has 2 unspecified atom stereocenters. The number of anilines is 4. The number of nitrogens with zero attached hydrogens (tertiary/aromatic N) is 6. The Morgan fingerprint density at radius 3 is 2.75 bits per heavy atom. The maximum atomic E-state index is 12.6. The number of hydrogen-bond donors (Lipinski definition) is 3. The lowest BCUT2D eigenvalue weighted by Crippen LogP contribution is -2.40. The molecule has 6 rings (SSSR count). The van der Waals surface area contributed by atoms with E-state index in [0.717, 1.165) is 29.3 Å². The van der Waals surface area contributed by atoms with Crippen LogP contribution in [-0.2, 0) is 19.1 Å². The maximum absolute atomic E-state index is 12.6. The minimum atomic E-state index is -0.780. The Hall–Kier alpha value is -4.01. The average molecular weight is 567 g/mol. The lowest BCUT2D eigenvalue weighted by atomic mass is 10.1. The predicted octanol–water partition coefficient (Wildman–Crippen LogP) is 1.70. The first-order valence-corrected chi connectivity index (χ1v) is 13.9. The lowest BCUT2D eigenvalue weighted by molar-refractivity contribution is -0.115. The molecule has 3 aliphatic heterocycles. The highest BCUT2D eigenvalue weighted by Gasteiger charge is 2.37. The highest BCUT2D eigenvalue weighted by atomic mass is 32.1. The highest BCUT2D eigenvalue weighted by molar-refractivity contribution is 7.22. The molecule has 40 heavy (non-hydrogen) atoms. The molecule has 0 aliphatic carbocycles. The minimum Gasteiger partial charge on any atom is -0.471 e. The van der Waals surface area contributed by atoms with Crippen LogP contribution in [0.3, 0.4) is 0 Å². The van der Waals surface area contributed by atoms with Gasteiger partial charge in [0.15, 0.2) is 16.6 Å². The second-order valence-electron chi connectivity index (χ2n) is 9.87. The van der Waals surface area contributed by atoms with Gasteiger partial charge in [-0.25, -0.2) is 9.97 Å². The number of carbonyl (C=O) groups is 2. The molecule has 2 saturated heterocycles. The van der Waals surface area contributed by atoms with Gasteiger partial charge in [-0.3, -0.25) is 14.5 Å². The summed E-state index contributed by atoms with van der Waals surface area (Å²) >= 11 is 1.52. The van der Waals surface area contributed by atoms with Crippen molar-refractivity contribution < 1.29 is 24.2 Å². The van der Waals surface area contributed by atoms with Crippen LogP contribution < -0.4 is 25.8 Å². The van der Waals surface area contributed by atoms with E-state index in [1.165, 1.54) is 24.5 Å². The number of primary amides is 1. The van der Waals surface area contributed by atoms with Crippen LogP contribution in [-0.4, -0.2) is 77.4 Å². The number of carbonyl (C=O) groups excluding carboxylic acids is 2. The molecule has 4 N–H and O–H groups in total. The average Bonchev–Trinajstić information content (AvgIpc) is 3.57. The standard InChI is InChI=1S/C26H30N8O5S/c1-15(35)29-21-11-16(4-5-28-21)25-34(19(14-39-25)22(27)37)18-12-20-23(30-24(18)33-6-2-3-17(36)13-33)31-26(40-20)32-7-9-38-10-8-32/h4-5,11-12,14,17,25,36H,2-3,6-10,13H2,1H3,(H2,27,37)(H,28,29,35). The molecule has 13 nitrogen and oxygen atoms in total. The lowest BCUT2D eigenvalue weighted by Gasteiger charge is -2.35. The third-order valence-electron chi connectivity index (χ3n) is 7.00. The third kappa shape index (κ3) is 5.12. The number of β-amino-alcohol motifs (C(OH)–C–C–N with tert-alkyl or cyclic N) is 1. The molecule has 2 fully saturated rings. The predicted molar refractivity (Wildman–Crippen MR) is 150 cm³/mol. The molecule has 210 valence electrons. The van der Waals surface area contributed by atoms with Gasteiger partial charge in [0, 0.05) is 44.9 Å². The smallest absolute Gasteiger partial charge is 0.268 e. The van der Waals surface area contributed by atoms with E-state index in [1.807, 2.05) is 11.0 Å². The van der Waals surface area contributed by atoms with Gasteiger partial charge < -0.3 is 35.4 Å². The van der Waals surface area contributed by atoms with Gasteiger partial charge in [-0.2, -0.15) is 4.98 Å². The van der Waals surface area contributed by atoms with E-state index in [2.05, 4.69) is 15.2 Å². The number of ether oxygens (including phenoxy) is 2. The minimum absolute atomic E-state index is 0.153. The zero-order valence-corrected chi connectivity index (χ0v) is 22.8. The first kappa shape index (κ1) is 26.2. The first-order chi connectivity index (χ1) is 19.4. The Morgan fingerprint density at radius 1 is 1.18 bits per heavy atom. The van der Waals surface area contributed by atoms with E-state index < -0.39 is 18.2 Å². The Kier molecular flexibility index (Phi) is 7.12. The monoisotopic (exact) mass is 566 g/mol. The number of aromatic nitrogens is 3. The Morgan fingerprint density at radius 2 is 2.00 bits per heavy atom. The summed E-state index contributed by atoms with van der Waals surface area (Å²) in [5, 5.41) is 14.0. The normalized spacial score (nSPS) is 21.4. The van der Waals surface area contributed by atoms with Crippen LogP contribution in [0.25, 0.3) is 10.3 Å². The van der Waals surface area contributed by atoms with E-state index in [0.29, 0.717) is 61.3 Å². The molecule has 3 aliphatic rings. The molecule has 14 heteroatoms. The highest BCUT2D eigenvalue weighted by Crippen LogP contribution is 2.44. The molecule has 0 spiro atoms. The van der Waals surface area contributed by atoms with Crippen molar-refractivity contribution in [3.63, 3.8) is 0 Å². The zero-order valence-electron chi connectivity index (χ0n) is 21.9. The van der Waals surface area contributed by atoms with Crippen molar-refractivity contribution >= 4 is 56.0 Å². The summed E-state index contributed by atoms with van der Waals surface area (Å²) in [6.07, 6.45) is 3.12. The summed E-state index contributed by atoms with van der Waals surface area (Å²) in [7, 11) is 0. The number of nitrogens with one attached hydrogen (secondary N) is 1. The van der Waals surface area contributed by atoms with E-state index in [9.17, 15) is 14.7 Å². The van der Waals surface area contributed by atoms with Gasteiger partial charge in [0.2, 0.25) is 12.1 Å². The van der Waals surface area contributed by atoms with Crippen molar-refractivity contribution in [3.8, 4) is 0 Å². The topological polar surface area (TPSA) is 159 Å². The van der Waals surface area contributed by atoms with Gasteiger partial charge in [-0.05, 0) is 31.0 Å². The quantitative estimate of drug-likeness (QED) is 0.399.